The van der Waals surface area contributed by atoms with Crippen LogP contribution in [-0.2, 0) is 9.09 Å². The van der Waals surface area contributed by atoms with Gasteiger partial charge in [0, 0.05) is 23.0 Å². The zero-order valence-electron chi connectivity index (χ0n) is 11.0. The summed E-state index contributed by atoms with van der Waals surface area (Å²) in [6, 6.07) is 7.42. The summed E-state index contributed by atoms with van der Waals surface area (Å²) in [6.07, 6.45) is 3.07. The second kappa shape index (κ2) is 7.14. The van der Waals surface area contributed by atoms with Crippen LogP contribution >= 0.6 is 29.7 Å². The molecule has 1 unspecified atom stereocenters. The molecule has 0 spiro atoms. The molecule has 0 N–H and O–H groups in total. The van der Waals surface area contributed by atoms with E-state index in [-0.39, 0.29) is 0 Å². The van der Waals surface area contributed by atoms with Crippen LogP contribution in [0.4, 0.5) is 0 Å². The molecule has 2 rings (SSSR count). The minimum absolute atomic E-state index is 0.536. The van der Waals surface area contributed by atoms with Crippen molar-refractivity contribution in [2.24, 2.45) is 0 Å². The first-order chi connectivity index (χ1) is 9.14. The third-order valence-electron chi connectivity index (χ3n) is 2.92. The molecule has 106 valence electrons. The van der Waals surface area contributed by atoms with E-state index in [1.165, 1.54) is 11.4 Å². The quantitative estimate of drug-likeness (QED) is 0.685. The first-order valence-electron chi connectivity index (χ1n) is 6.59. The highest BCUT2D eigenvalue weighted by atomic mass is 35.5. The number of nitrogens with zero attached hydrogens (tertiary/aromatic N) is 1. The van der Waals surface area contributed by atoms with Crippen LogP contribution in [0.15, 0.2) is 29.2 Å². The molecule has 0 saturated carbocycles. The lowest BCUT2D eigenvalue weighted by Gasteiger charge is -2.26. The van der Waals surface area contributed by atoms with E-state index < -0.39 is 6.72 Å². The molecule has 0 aliphatic carbocycles. The Hall–Kier alpha value is 0.01000. The lowest BCUT2D eigenvalue weighted by Crippen LogP contribution is -2.16. The van der Waals surface area contributed by atoms with Gasteiger partial charge in [-0.15, -0.1) is 0 Å². The van der Waals surface area contributed by atoms with E-state index in [4.69, 9.17) is 16.1 Å². The molecule has 1 saturated heterocycles. The summed E-state index contributed by atoms with van der Waals surface area (Å²) in [6.45, 7) is 1.48. The van der Waals surface area contributed by atoms with Gasteiger partial charge in [0.05, 0.1) is 6.61 Å². The monoisotopic (exact) mass is 319 g/mol. The van der Waals surface area contributed by atoms with Gasteiger partial charge in [-0.25, -0.2) is 4.67 Å². The molecule has 0 aromatic heterocycles. The molecule has 6 heteroatoms. The average Bonchev–Trinajstić information content (AvgIpc) is 2.94. The Labute approximate surface area is 123 Å². The fourth-order valence-corrected chi connectivity index (χ4v) is 6.50. The van der Waals surface area contributed by atoms with Crippen molar-refractivity contribution in [3.8, 4) is 0 Å². The van der Waals surface area contributed by atoms with Crippen molar-refractivity contribution in [1.82, 2.24) is 4.67 Å². The lowest BCUT2D eigenvalue weighted by atomic mass is 10.4. The largest absolute Gasteiger partial charge is 0.333 e. The number of halogens is 1. The predicted molar refractivity (Wildman–Crippen MR) is 82.0 cm³/mol. The third-order valence-corrected chi connectivity index (χ3v) is 7.82. The van der Waals surface area contributed by atoms with Gasteiger partial charge in [-0.2, -0.15) is 0 Å². The van der Waals surface area contributed by atoms with Crippen molar-refractivity contribution >= 4 is 29.7 Å². The molecular weight excluding hydrogens is 301 g/mol. The summed E-state index contributed by atoms with van der Waals surface area (Å²) in [7, 11) is 0. The average molecular weight is 320 g/mol. The van der Waals surface area contributed by atoms with E-state index in [9.17, 15) is 4.57 Å². The van der Waals surface area contributed by atoms with Crippen LogP contribution in [0.25, 0.3) is 0 Å². The fraction of sp³-hybridized carbons (Fsp3) is 0.538. The Bertz CT molecular complexity index is 448. The molecule has 1 heterocycles. The van der Waals surface area contributed by atoms with Gasteiger partial charge in [0.25, 0.3) is 0 Å². The smallest absolute Gasteiger partial charge is 0.310 e. The summed E-state index contributed by atoms with van der Waals surface area (Å²) >= 11 is 7.21. The Morgan fingerprint density at radius 3 is 2.53 bits per heavy atom. The molecule has 3 nitrogen and oxygen atoms in total. The molecule has 0 radical (unpaired) electrons. The van der Waals surface area contributed by atoms with Crippen molar-refractivity contribution in [3.05, 3.63) is 29.3 Å². The van der Waals surface area contributed by atoms with E-state index in [0.29, 0.717) is 11.6 Å². The minimum atomic E-state index is -2.81. The lowest BCUT2D eigenvalue weighted by molar-refractivity contribution is 0.286. The first-order valence-corrected chi connectivity index (χ1v) is 9.97. The van der Waals surface area contributed by atoms with Gasteiger partial charge >= 0.3 is 6.72 Å². The van der Waals surface area contributed by atoms with Gasteiger partial charge in [0.2, 0.25) is 0 Å². The van der Waals surface area contributed by atoms with Gasteiger partial charge < -0.3 is 4.52 Å². The molecule has 1 aromatic rings. The highest BCUT2D eigenvalue weighted by Crippen LogP contribution is 2.66. The van der Waals surface area contributed by atoms with Crippen molar-refractivity contribution in [3.63, 3.8) is 0 Å². The van der Waals surface area contributed by atoms with Crippen molar-refractivity contribution < 1.29 is 9.09 Å². The van der Waals surface area contributed by atoms with Gasteiger partial charge in [0.1, 0.15) is 0 Å². The molecule has 0 bridgehead atoms. The highest BCUT2D eigenvalue weighted by Gasteiger charge is 2.35. The Balaban J connectivity index is 2.12. The second-order valence-electron chi connectivity index (χ2n) is 4.51. The zero-order valence-corrected chi connectivity index (χ0v) is 13.5. The Kier molecular flexibility index (Phi) is 5.79. The van der Waals surface area contributed by atoms with E-state index in [2.05, 4.69) is 0 Å². The van der Waals surface area contributed by atoms with Crippen LogP contribution in [0.1, 0.15) is 26.2 Å². The van der Waals surface area contributed by atoms with E-state index in [1.807, 2.05) is 35.9 Å². The predicted octanol–water partition coefficient (Wildman–Crippen LogP) is 5.06. The van der Waals surface area contributed by atoms with E-state index >= 15 is 0 Å². The van der Waals surface area contributed by atoms with Gasteiger partial charge in [-0.3, -0.25) is 4.57 Å². The van der Waals surface area contributed by atoms with Crippen LogP contribution in [0.3, 0.4) is 0 Å². The van der Waals surface area contributed by atoms with Crippen LogP contribution in [0, 0.1) is 0 Å². The highest BCUT2D eigenvalue weighted by molar-refractivity contribution is 8.55. The molecule has 19 heavy (non-hydrogen) atoms. The van der Waals surface area contributed by atoms with Crippen LogP contribution in [0.2, 0.25) is 5.02 Å². The molecule has 1 aliphatic heterocycles. The van der Waals surface area contributed by atoms with Crippen molar-refractivity contribution in [2.45, 2.75) is 31.1 Å². The summed E-state index contributed by atoms with van der Waals surface area (Å²) in [5.74, 6) is 0. The number of hydrogen-bond donors (Lipinski definition) is 0. The maximum Gasteiger partial charge on any atom is 0.333 e. The Morgan fingerprint density at radius 1 is 1.32 bits per heavy atom. The first kappa shape index (κ1) is 15.4. The van der Waals surface area contributed by atoms with E-state index in [0.717, 1.165) is 37.2 Å². The normalized spacial score (nSPS) is 19.5. The summed E-state index contributed by atoms with van der Waals surface area (Å²) in [4.78, 5) is 0.940. The molecule has 1 fully saturated rings. The van der Waals surface area contributed by atoms with Crippen LogP contribution in [-0.4, -0.2) is 24.4 Å². The molecule has 0 amide bonds. The van der Waals surface area contributed by atoms with Gasteiger partial charge in [0.15, 0.2) is 0 Å². The van der Waals surface area contributed by atoms with Gasteiger partial charge in [-0.05, 0) is 54.9 Å². The summed E-state index contributed by atoms with van der Waals surface area (Å²) in [5, 5.41) is 0.690. The second-order valence-corrected chi connectivity index (χ2v) is 9.29. The third kappa shape index (κ3) is 4.24. The van der Waals surface area contributed by atoms with E-state index in [1.54, 1.807) is 0 Å². The zero-order chi connectivity index (χ0) is 13.7. The maximum absolute atomic E-state index is 13.1. The number of benzene rings is 1. The molecular formula is C13H19ClNO2PS. The number of rotatable bonds is 6. The van der Waals surface area contributed by atoms with Gasteiger partial charge in [-0.1, -0.05) is 18.5 Å². The van der Waals surface area contributed by atoms with Crippen molar-refractivity contribution in [2.75, 3.05) is 19.7 Å². The number of hydrogen-bond acceptors (Lipinski definition) is 3. The topological polar surface area (TPSA) is 29.5 Å². The summed E-state index contributed by atoms with van der Waals surface area (Å²) in [5.41, 5.74) is 0. The SMILES string of the molecule is CCCOP(=O)(Sc1ccc(Cl)cc1)N1CCCC1. The van der Waals surface area contributed by atoms with Crippen LogP contribution in [0.5, 0.6) is 0 Å². The Morgan fingerprint density at radius 2 is 1.95 bits per heavy atom. The summed E-state index contributed by atoms with van der Waals surface area (Å²) < 4.78 is 20.8. The molecule has 1 aliphatic rings. The fourth-order valence-electron chi connectivity index (χ4n) is 1.95. The standard InChI is InChI=1S/C13H19ClNO2PS/c1-2-11-17-18(16,15-9-3-4-10-15)19-13-7-5-12(14)6-8-13/h5-8H,2-4,9-11H2,1H3. The van der Waals surface area contributed by atoms with Crippen molar-refractivity contribution in [1.29, 1.82) is 0 Å². The molecule has 1 aromatic carbocycles. The minimum Gasteiger partial charge on any atom is -0.310 e. The van der Waals surface area contributed by atoms with Crippen LogP contribution < -0.4 is 0 Å². The maximum atomic E-state index is 13.1. The molecule has 1 atom stereocenters.